The highest BCUT2D eigenvalue weighted by Gasteiger charge is 2.40. The van der Waals surface area contributed by atoms with Crippen molar-refractivity contribution in [1.29, 1.82) is 0 Å². The summed E-state index contributed by atoms with van der Waals surface area (Å²) in [7, 11) is 0. The van der Waals surface area contributed by atoms with Crippen LogP contribution in [0.4, 0.5) is 5.69 Å². The van der Waals surface area contributed by atoms with Crippen molar-refractivity contribution in [3.05, 3.63) is 65.4 Å². The summed E-state index contributed by atoms with van der Waals surface area (Å²) in [4.78, 5) is 27.2. The van der Waals surface area contributed by atoms with Crippen molar-refractivity contribution >= 4 is 23.1 Å². The summed E-state index contributed by atoms with van der Waals surface area (Å²) in [5.41, 5.74) is 3.28. The van der Waals surface area contributed by atoms with Gasteiger partial charge >= 0.3 is 0 Å². The normalized spacial score (nSPS) is 14.3. The van der Waals surface area contributed by atoms with Gasteiger partial charge in [-0.25, -0.2) is 0 Å². The zero-order valence-electron chi connectivity index (χ0n) is 16.1. The number of aryl methyl sites for hydroxylation is 1. The van der Waals surface area contributed by atoms with Gasteiger partial charge in [-0.3, -0.25) is 14.5 Å². The number of nitrogens with one attached hydrogen (secondary N) is 1. The first-order valence-electron chi connectivity index (χ1n) is 9.11. The minimum Gasteiger partial charge on any atom is -0.494 e. The SMILES string of the molecule is CCOc1ccc(C2=C(Nc3ccc(C)cc3)C(=O)N(C(C)C)C2=O)cc1. The molecule has 3 rings (SSSR count). The molecule has 0 aromatic heterocycles. The molecule has 27 heavy (non-hydrogen) atoms. The minimum atomic E-state index is -0.306. The predicted molar refractivity (Wildman–Crippen MR) is 106 cm³/mol. The van der Waals surface area contributed by atoms with E-state index in [9.17, 15) is 9.59 Å². The molecule has 0 saturated heterocycles. The van der Waals surface area contributed by atoms with Gasteiger partial charge in [0, 0.05) is 11.7 Å². The average molecular weight is 364 g/mol. The van der Waals surface area contributed by atoms with E-state index in [2.05, 4.69) is 5.32 Å². The summed E-state index contributed by atoms with van der Waals surface area (Å²) >= 11 is 0. The Morgan fingerprint density at radius 1 is 0.963 bits per heavy atom. The lowest BCUT2D eigenvalue weighted by atomic mass is 10.0. The Morgan fingerprint density at radius 3 is 2.15 bits per heavy atom. The van der Waals surface area contributed by atoms with Gasteiger partial charge in [-0.2, -0.15) is 0 Å². The van der Waals surface area contributed by atoms with Crippen molar-refractivity contribution in [3.8, 4) is 5.75 Å². The number of benzene rings is 2. The quantitative estimate of drug-likeness (QED) is 0.787. The van der Waals surface area contributed by atoms with Crippen LogP contribution in [0.25, 0.3) is 5.57 Å². The molecule has 2 amide bonds. The molecule has 0 radical (unpaired) electrons. The summed E-state index contributed by atoms with van der Waals surface area (Å²) in [6.07, 6.45) is 0. The minimum absolute atomic E-state index is 0.222. The second kappa shape index (κ2) is 7.66. The smallest absolute Gasteiger partial charge is 0.278 e. The molecular formula is C22H24N2O3. The number of amides is 2. The summed E-state index contributed by atoms with van der Waals surface area (Å²) in [6.45, 7) is 8.15. The van der Waals surface area contributed by atoms with Gasteiger partial charge in [-0.15, -0.1) is 0 Å². The fourth-order valence-electron chi connectivity index (χ4n) is 3.07. The van der Waals surface area contributed by atoms with Gasteiger partial charge in [0.15, 0.2) is 0 Å². The van der Waals surface area contributed by atoms with Crippen LogP contribution < -0.4 is 10.1 Å². The predicted octanol–water partition coefficient (Wildman–Crippen LogP) is 3.99. The molecule has 0 unspecified atom stereocenters. The van der Waals surface area contributed by atoms with Crippen molar-refractivity contribution in [1.82, 2.24) is 4.90 Å². The highest BCUT2D eigenvalue weighted by molar-refractivity contribution is 6.36. The van der Waals surface area contributed by atoms with E-state index >= 15 is 0 Å². The fraction of sp³-hybridized carbons (Fsp3) is 0.273. The molecule has 1 aliphatic rings. The van der Waals surface area contributed by atoms with Gasteiger partial charge in [0.05, 0.1) is 12.2 Å². The van der Waals surface area contributed by atoms with Gasteiger partial charge in [-0.1, -0.05) is 29.8 Å². The van der Waals surface area contributed by atoms with Crippen LogP contribution in [0, 0.1) is 6.92 Å². The van der Waals surface area contributed by atoms with Crippen molar-refractivity contribution in [2.75, 3.05) is 11.9 Å². The van der Waals surface area contributed by atoms with E-state index < -0.39 is 0 Å². The molecule has 140 valence electrons. The summed E-state index contributed by atoms with van der Waals surface area (Å²) in [5.74, 6) is 0.139. The third kappa shape index (κ3) is 3.72. The number of nitrogens with zero attached hydrogens (tertiary/aromatic N) is 1. The van der Waals surface area contributed by atoms with E-state index in [4.69, 9.17) is 4.74 Å². The molecule has 2 aromatic carbocycles. The van der Waals surface area contributed by atoms with Gasteiger partial charge < -0.3 is 10.1 Å². The zero-order valence-corrected chi connectivity index (χ0v) is 16.1. The van der Waals surface area contributed by atoms with Crippen LogP contribution in [0.2, 0.25) is 0 Å². The Morgan fingerprint density at radius 2 is 1.59 bits per heavy atom. The number of carbonyl (C=O) groups is 2. The van der Waals surface area contributed by atoms with Crippen molar-refractivity contribution in [2.45, 2.75) is 33.7 Å². The molecule has 0 bridgehead atoms. The third-order valence-electron chi connectivity index (χ3n) is 4.41. The third-order valence-corrected chi connectivity index (χ3v) is 4.41. The lowest BCUT2D eigenvalue weighted by Gasteiger charge is -2.19. The van der Waals surface area contributed by atoms with Crippen molar-refractivity contribution in [2.24, 2.45) is 0 Å². The summed E-state index contributed by atoms with van der Waals surface area (Å²) in [5, 5.41) is 3.16. The van der Waals surface area contributed by atoms with E-state index in [0.29, 0.717) is 23.4 Å². The van der Waals surface area contributed by atoms with Crippen LogP contribution in [0.1, 0.15) is 31.9 Å². The van der Waals surface area contributed by atoms with Gasteiger partial charge in [0.2, 0.25) is 0 Å². The second-order valence-electron chi connectivity index (χ2n) is 6.77. The maximum atomic E-state index is 13.0. The van der Waals surface area contributed by atoms with E-state index in [0.717, 1.165) is 17.0 Å². The monoisotopic (exact) mass is 364 g/mol. The van der Waals surface area contributed by atoms with Crippen LogP contribution in [-0.2, 0) is 9.59 Å². The van der Waals surface area contributed by atoms with Gasteiger partial charge in [0.25, 0.3) is 11.8 Å². The number of hydrogen-bond acceptors (Lipinski definition) is 4. The molecule has 5 nitrogen and oxygen atoms in total. The molecule has 0 aliphatic carbocycles. The topological polar surface area (TPSA) is 58.6 Å². The highest BCUT2D eigenvalue weighted by Crippen LogP contribution is 2.32. The average Bonchev–Trinajstić information content (AvgIpc) is 2.88. The summed E-state index contributed by atoms with van der Waals surface area (Å²) in [6, 6.07) is 14.7. The van der Waals surface area contributed by atoms with Crippen LogP contribution in [0.15, 0.2) is 54.2 Å². The van der Waals surface area contributed by atoms with Crippen LogP contribution in [-0.4, -0.2) is 29.4 Å². The zero-order chi connectivity index (χ0) is 19.6. The molecule has 0 atom stereocenters. The molecule has 5 heteroatoms. The summed E-state index contributed by atoms with van der Waals surface area (Å²) < 4.78 is 5.47. The highest BCUT2D eigenvalue weighted by atomic mass is 16.5. The lowest BCUT2D eigenvalue weighted by Crippen LogP contribution is -2.38. The molecule has 1 heterocycles. The maximum absolute atomic E-state index is 13.0. The second-order valence-corrected chi connectivity index (χ2v) is 6.77. The fourth-order valence-corrected chi connectivity index (χ4v) is 3.07. The standard InChI is InChI=1S/C22H24N2O3/c1-5-27-18-12-8-16(9-13-18)19-20(22(26)24(14(2)3)21(19)25)23-17-10-6-15(4)7-11-17/h6-14,23H,5H2,1-4H3. The first-order chi connectivity index (χ1) is 12.9. The van der Waals surface area contributed by atoms with Crippen LogP contribution >= 0.6 is 0 Å². The van der Waals surface area contributed by atoms with E-state index in [1.54, 1.807) is 0 Å². The Bertz CT molecular complexity index is 881. The largest absolute Gasteiger partial charge is 0.494 e. The van der Waals surface area contributed by atoms with Gasteiger partial charge in [0.1, 0.15) is 11.4 Å². The van der Waals surface area contributed by atoms with Crippen molar-refractivity contribution < 1.29 is 14.3 Å². The van der Waals surface area contributed by atoms with E-state index in [1.165, 1.54) is 4.90 Å². The lowest BCUT2D eigenvalue weighted by molar-refractivity contribution is -0.138. The molecular weight excluding hydrogens is 340 g/mol. The number of ether oxygens (including phenoxy) is 1. The number of anilines is 1. The Kier molecular flexibility index (Phi) is 5.31. The maximum Gasteiger partial charge on any atom is 0.278 e. The number of carbonyl (C=O) groups excluding carboxylic acids is 2. The first kappa shape index (κ1) is 18.7. The molecule has 0 saturated carbocycles. The Hall–Kier alpha value is -3.08. The van der Waals surface area contributed by atoms with Crippen LogP contribution in [0.5, 0.6) is 5.75 Å². The Balaban J connectivity index is 2.04. The van der Waals surface area contributed by atoms with E-state index in [1.807, 2.05) is 76.2 Å². The number of imide groups is 1. The number of hydrogen-bond donors (Lipinski definition) is 1. The molecule has 2 aromatic rings. The molecule has 1 aliphatic heterocycles. The molecule has 0 spiro atoms. The first-order valence-corrected chi connectivity index (χ1v) is 9.11. The van der Waals surface area contributed by atoms with Gasteiger partial charge in [-0.05, 0) is 57.5 Å². The van der Waals surface area contributed by atoms with Crippen LogP contribution in [0.3, 0.4) is 0 Å². The molecule has 0 fully saturated rings. The van der Waals surface area contributed by atoms with Crippen molar-refractivity contribution in [3.63, 3.8) is 0 Å². The molecule has 1 N–H and O–H groups in total. The Labute approximate surface area is 159 Å². The van der Waals surface area contributed by atoms with E-state index in [-0.39, 0.29) is 17.9 Å². The number of rotatable bonds is 6.